The topological polar surface area (TPSA) is 122 Å². The zero-order chi connectivity index (χ0) is 21.9. The first-order valence-electron chi connectivity index (χ1n) is 8.37. The van der Waals surface area contributed by atoms with Crippen molar-refractivity contribution in [1.29, 1.82) is 5.26 Å². The number of hydrogen-bond donors (Lipinski definition) is 2. The Balaban J connectivity index is 1.90. The van der Waals surface area contributed by atoms with Gasteiger partial charge in [-0.15, -0.1) is 0 Å². The molecule has 0 saturated carbocycles. The van der Waals surface area contributed by atoms with Crippen molar-refractivity contribution >= 4 is 21.5 Å². The lowest BCUT2D eigenvalue weighted by molar-refractivity contribution is -0.137. The van der Waals surface area contributed by atoms with Gasteiger partial charge in [-0.3, -0.25) is 4.98 Å². The molecular weight excluding hydrogens is 419 g/mol. The number of hydrogen-bond acceptors (Lipinski definition) is 6. The molecule has 0 aliphatic heterocycles. The number of aromatic nitrogens is 2. The number of alkyl halides is 3. The zero-order valence-corrected chi connectivity index (χ0v) is 16.0. The van der Waals surface area contributed by atoms with Gasteiger partial charge in [0.1, 0.15) is 5.82 Å². The van der Waals surface area contributed by atoms with Gasteiger partial charge < -0.3 is 5.32 Å². The number of nitrogens with two attached hydrogens (primary N) is 1. The summed E-state index contributed by atoms with van der Waals surface area (Å²) in [7, 11) is -4.11. The van der Waals surface area contributed by atoms with E-state index in [1.54, 1.807) is 0 Å². The highest BCUT2D eigenvalue weighted by atomic mass is 32.2. The third-order valence-electron chi connectivity index (χ3n) is 4.05. The zero-order valence-electron chi connectivity index (χ0n) is 15.2. The fraction of sp³-hybridized carbons (Fsp3) is 0.105. The van der Waals surface area contributed by atoms with E-state index in [9.17, 15) is 21.6 Å². The fourth-order valence-electron chi connectivity index (χ4n) is 2.67. The molecule has 0 aliphatic carbocycles. The van der Waals surface area contributed by atoms with E-state index in [1.165, 1.54) is 36.5 Å². The molecule has 0 atom stereocenters. The van der Waals surface area contributed by atoms with E-state index >= 15 is 0 Å². The summed E-state index contributed by atoms with van der Waals surface area (Å²) in [5, 5.41) is 17.1. The van der Waals surface area contributed by atoms with Crippen LogP contribution in [0.4, 0.5) is 24.7 Å². The molecule has 0 aliphatic rings. The highest BCUT2D eigenvalue weighted by Gasteiger charge is 2.30. The average Bonchev–Trinajstić information content (AvgIpc) is 2.68. The quantitative estimate of drug-likeness (QED) is 0.636. The van der Waals surface area contributed by atoms with Gasteiger partial charge in [-0.05, 0) is 42.0 Å². The summed E-state index contributed by atoms with van der Waals surface area (Å²) in [6.07, 6.45) is -2.28. The van der Waals surface area contributed by atoms with Crippen LogP contribution in [0.15, 0.2) is 59.8 Å². The molecule has 30 heavy (non-hydrogen) atoms. The Bertz CT molecular complexity index is 1220. The molecule has 7 nitrogen and oxygen atoms in total. The second-order valence-electron chi connectivity index (χ2n) is 6.25. The van der Waals surface area contributed by atoms with E-state index in [-0.39, 0.29) is 22.8 Å². The van der Waals surface area contributed by atoms with Gasteiger partial charge in [0.15, 0.2) is 0 Å². The number of anilines is 2. The standard InChI is InChI=1S/C19H14F3N5O2S/c20-19(21,22)14-2-4-18(26-11-14)27-15-3-1-13(17(9-15)30(24,28)29)8-16-7-12(10-23)5-6-25-16/h1-7,9,11H,8H2,(H,26,27)(H2,24,28,29). The van der Waals surface area contributed by atoms with Gasteiger partial charge in [-0.25, -0.2) is 18.5 Å². The molecule has 2 heterocycles. The van der Waals surface area contributed by atoms with Gasteiger partial charge in [0.25, 0.3) is 0 Å². The van der Waals surface area contributed by atoms with Crippen LogP contribution in [0.3, 0.4) is 0 Å². The predicted molar refractivity (Wildman–Crippen MR) is 102 cm³/mol. The minimum absolute atomic E-state index is 0.0968. The van der Waals surface area contributed by atoms with Crippen LogP contribution in [0.1, 0.15) is 22.4 Å². The van der Waals surface area contributed by atoms with Crippen LogP contribution < -0.4 is 10.5 Å². The number of sulfonamides is 1. The number of pyridine rings is 2. The van der Waals surface area contributed by atoms with Gasteiger partial charge in [0, 0.05) is 30.2 Å². The highest BCUT2D eigenvalue weighted by molar-refractivity contribution is 7.89. The lowest BCUT2D eigenvalue weighted by Gasteiger charge is -2.12. The van der Waals surface area contributed by atoms with E-state index in [1.807, 2.05) is 6.07 Å². The van der Waals surface area contributed by atoms with E-state index < -0.39 is 21.8 Å². The van der Waals surface area contributed by atoms with Crippen molar-refractivity contribution in [1.82, 2.24) is 9.97 Å². The van der Waals surface area contributed by atoms with Crippen LogP contribution in [0.25, 0.3) is 0 Å². The molecule has 0 spiro atoms. The fourth-order valence-corrected chi connectivity index (χ4v) is 3.46. The van der Waals surface area contributed by atoms with Crippen molar-refractivity contribution in [3.05, 3.63) is 77.2 Å². The lowest BCUT2D eigenvalue weighted by Crippen LogP contribution is -2.15. The van der Waals surface area contributed by atoms with Gasteiger partial charge in [-0.2, -0.15) is 18.4 Å². The van der Waals surface area contributed by atoms with E-state index in [4.69, 9.17) is 10.4 Å². The first kappa shape index (κ1) is 21.2. The molecule has 2 aromatic heterocycles. The third kappa shape index (κ3) is 5.11. The summed E-state index contributed by atoms with van der Waals surface area (Å²) in [5.41, 5.74) is 0.577. The molecule has 3 rings (SSSR count). The molecule has 3 aromatic rings. The monoisotopic (exact) mass is 433 g/mol. The smallest absolute Gasteiger partial charge is 0.340 e. The SMILES string of the molecule is N#Cc1ccnc(Cc2ccc(Nc3ccc(C(F)(F)F)cn3)cc2S(N)(=O)=O)c1. The molecule has 3 N–H and O–H groups in total. The Morgan fingerprint density at radius 3 is 2.47 bits per heavy atom. The van der Waals surface area contributed by atoms with Crippen molar-refractivity contribution < 1.29 is 21.6 Å². The molecule has 0 fully saturated rings. The normalized spacial score (nSPS) is 11.7. The highest BCUT2D eigenvalue weighted by Crippen LogP contribution is 2.30. The Morgan fingerprint density at radius 2 is 1.87 bits per heavy atom. The predicted octanol–water partition coefficient (Wildman–Crippen LogP) is 3.35. The minimum Gasteiger partial charge on any atom is -0.340 e. The van der Waals surface area contributed by atoms with E-state index in [2.05, 4.69) is 15.3 Å². The summed E-state index contributed by atoms with van der Waals surface area (Å²) in [6.45, 7) is 0. The summed E-state index contributed by atoms with van der Waals surface area (Å²) < 4.78 is 62.0. The number of nitriles is 1. The van der Waals surface area contributed by atoms with Crippen LogP contribution in [0.2, 0.25) is 0 Å². The van der Waals surface area contributed by atoms with Gasteiger partial charge >= 0.3 is 6.18 Å². The summed E-state index contributed by atoms with van der Waals surface area (Å²) in [5.74, 6) is 0.0968. The number of benzene rings is 1. The molecular formula is C19H14F3N5O2S. The Labute approximate surface area is 170 Å². The maximum absolute atomic E-state index is 12.6. The Hall–Kier alpha value is -3.49. The summed E-state index contributed by atoms with van der Waals surface area (Å²) in [4.78, 5) is 7.63. The first-order chi connectivity index (χ1) is 14.1. The molecule has 11 heteroatoms. The van der Waals surface area contributed by atoms with Crippen molar-refractivity contribution in [2.24, 2.45) is 5.14 Å². The molecule has 0 saturated heterocycles. The molecule has 0 bridgehead atoms. The van der Waals surface area contributed by atoms with Crippen molar-refractivity contribution in [2.45, 2.75) is 17.5 Å². The first-order valence-corrected chi connectivity index (χ1v) is 9.92. The summed E-state index contributed by atoms with van der Waals surface area (Å²) in [6, 6.07) is 11.3. The Kier molecular flexibility index (Phi) is 5.73. The lowest BCUT2D eigenvalue weighted by atomic mass is 10.1. The van der Waals surface area contributed by atoms with Crippen LogP contribution in [-0.4, -0.2) is 18.4 Å². The molecule has 154 valence electrons. The van der Waals surface area contributed by atoms with Crippen LogP contribution >= 0.6 is 0 Å². The van der Waals surface area contributed by atoms with Crippen molar-refractivity contribution in [2.75, 3.05) is 5.32 Å². The number of nitrogens with one attached hydrogen (secondary N) is 1. The van der Waals surface area contributed by atoms with Crippen LogP contribution in [-0.2, 0) is 22.6 Å². The number of primary sulfonamides is 1. The van der Waals surface area contributed by atoms with E-state index in [0.29, 0.717) is 23.0 Å². The summed E-state index contributed by atoms with van der Waals surface area (Å²) >= 11 is 0. The molecule has 0 unspecified atom stereocenters. The third-order valence-corrected chi connectivity index (χ3v) is 5.05. The number of nitrogens with zero attached hydrogens (tertiary/aromatic N) is 3. The second kappa shape index (κ2) is 8.10. The molecule has 1 aromatic carbocycles. The average molecular weight is 433 g/mol. The Morgan fingerprint density at radius 1 is 1.10 bits per heavy atom. The van der Waals surface area contributed by atoms with Crippen molar-refractivity contribution in [3.8, 4) is 6.07 Å². The maximum Gasteiger partial charge on any atom is 0.417 e. The largest absolute Gasteiger partial charge is 0.417 e. The van der Waals surface area contributed by atoms with E-state index in [0.717, 1.165) is 12.1 Å². The molecule has 0 amide bonds. The van der Waals surface area contributed by atoms with Crippen LogP contribution in [0, 0.1) is 11.3 Å². The van der Waals surface area contributed by atoms with Crippen molar-refractivity contribution in [3.63, 3.8) is 0 Å². The van der Waals surface area contributed by atoms with Gasteiger partial charge in [0.2, 0.25) is 10.0 Å². The second-order valence-corrected chi connectivity index (χ2v) is 7.78. The van der Waals surface area contributed by atoms with Crippen LogP contribution in [0.5, 0.6) is 0 Å². The maximum atomic E-state index is 12.6. The van der Waals surface area contributed by atoms with Gasteiger partial charge in [0.05, 0.1) is 22.1 Å². The number of rotatable bonds is 5. The number of halogens is 3. The van der Waals surface area contributed by atoms with Gasteiger partial charge in [-0.1, -0.05) is 6.07 Å². The molecule has 0 radical (unpaired) electrons. The minimum atomic E-state index is -4.51.